The summed E-state index contributed by atoms with van der Waals surface area (Å²) in [6, 6.07) is -1.27. The molecular formula is C12H20N2O4. The smallest absolute Gasteiger partial charge is 0.332 e. The van der Waals surface area contributed by atoms with E-state index in [0.29, 0.717) is 12.5 Å². The molecule has 1 saturated carbocycles. The zero-order valence-electron chi connectivity index (χ0n) is 10.6. The van der Waals surface area contributed by atoms with E-state index in [2.05, 4.69) is 5.32 Å². The van der Waals surface area contributed by atoms with E-state index in [9.17, 15) is 9.59 Å². The van der Waals surface area contributed by atoms with Gasteiger partial charge in [0, 0.05) is 6.61 Å². The molecule has 3 N–H and O–H groups in total. The molecule has 1 aliphatic carbocycles. The van der Waals surface area contributed by atoms with E-state index in [1.54, 1.807) is 6.92 Å². The molecule has 1 amide bonds. The Bertz CT molecular complexity index is 330. The topological polar surface area (TPSA) is 90.7 Å². The van der Waals surface area contributed by atoms with E-state index in [1.807, 2.05) is 0 Å². The molecule has 18 heavy (non-hydrogen) atoms. The molecule has 2 rings (SSSR count). The predicted molar refractivity (Wildman–Crippen MR) is 63.6 cm³/mol. The van der Waals surface area contributed by atoms with Crippen molar-refractivity contribution in [3.05, 3.63) is 0 Å². The number of ether oxygens (including phenoxy) is 2. The molecule has 6 heteroatoms. The van der Waals surface area contributed by atoms with Crippen molar-refractivity contribution in [1.29, 1.82) is 0 Å². The minimum absolute atomic E-state index is 0.0227. The lowest BCUT2D eigenvalue weighted by Crippen LogP contribution is -2.52. The highest BCUT2D eigenvalue weighted by molar-refractivity contribution is 6.01. The van der Waals surface area contributed by atoms with Gasteiger partial charge in [-0.15, -0.1) is 0 Å². The van der Waals surface area contributed by atoms with Crippen LogP contribution in [0.25, 0.3) is 0 Å². The van der Waals surface area contributed by atoms with Gasteiger partial charge in [-0.2, -0.15) is 0 Å². The Morgan fingerprint density at radius 3 is 2.78 bits per heavy atom. The maximum absolute atomic E-state index is 11.8. The molecule has 0 radical (unpaired) electrons. The van der Waals surface area contributed by atoms with Crippen molar-refractivity contribution in [2.75, 3.05) is 13.2 Å². The minimum atomic E-state index is -1.24. The van der Waals surface area contributed by atoms with Crippen LogP contribution >= 0.6 is 0 Å². The van der Waals surface area contributed by atoms with Crippen molar-refractivity contribution in [2.24, 2.45) is 11.7 Å². The van der Waals surface area contributed by atoms with Crippen LogP contribution in [0.15, 0.2) is 0 Å². The molecule has 1 saturated heterocycles. The second kappa shape index (κ2) is 5.67. The normalized spacial score (nSPS) is 28.8. The van der Waals surface area contributed by atoms with Gasteiger partial charge in [-0.05, 0) is 32.1 Å². The van der Waals surface area contributed by atoms with E-state index in [1.165, 1.54) is 0 Å². The monoisotopic (exact) mass is 256 g/mol. The molecule has 2 aliphatic rings. The predicted octanol–water partition coefficient (Wildman–Crippen LogP) is -0.439. The van der Waals surface area contributed by atoms with Gasteiger partial charge in [0.1, 0.15) is 0 Å². The Labute approximate surface area is 106 Å². The molecular weight excluding hydrogens is 236 g/mol. The molecule has 0 bridgehead atoms. The van der Waals surface area contributed by atoms with Gasteiger partial charge in [-0.3, -0.25) is 4.79 Å². The number of hydrogen-bond acceptors (Lipinski definition) is 5. The minimum Gasteiger partial charge on any atom is -0.464 e. The first-order valence-corrected chi connectivity index (χ1v) is 6.47. The fraction of sp³-hybridized carbons (Fsp3) is 0.833. The number of hydrogen-bond donors (Lipinski definition) is 2. The number of carbonyl (C=O) groups is 2. The molecule has 1 heterocycles. The highest BCUT2D eigenvalue weighted by atomic mass is 16.5. The zero-order chi connectivity index (χ0) is 13.1. The van der Waals surface area contributed by atoms with Crippen molar-refractivity contribution in [2.45, 2.75) is 44.4 Å². The van der Waals surface area contributed by atoms with Crippen molar-refractivity contribution in [3.63, 3.8) is 0 Å². The van der Waals surface area contributed by atoms with Crippen molar-refractivity contribution in [1.82, 2.24) is 5.32 Å². The average molecular weight is 256 g/mol. The summed E-state index contributed by atoms with van der Waals surface area (Å²) < 4.78 is 10.3. The van der Waals surface area contributed by atoms with E-state index < -0.39 is 17.9 Å². The van der Waals surface area contributed by atoms with Crippen LogP contribution in [0, 0.1) is 5.92 Å². The maximum atomic E-state index is 11.8. The standard InChI is InChI=1S/C12H20N2O4/c1-2-17-12(16)9(13)11(15)14-8-5-6-18-10(8)7-3-4-7/h7-10H,2-6,13H2,1H3,(H,14,15). The first-order chi connectivity index (χ1) is 8.63. The SMILES string of the molecule is CCOC(=O)C(N)C(=O)NC1CCOC1C1CC1. The molecule has 0 spiro atoms. The summed E-state index contributed by atoms with van der Waals surface area (Å²) in [4.78, 5) is 23.2. The fourth-order valence-corrected chi connectivity index (χ4v) is 2.27. The number of carbonyl (C=O) groups excluding carboxylic acids is 2. The molecule has 102 valence electrons. The number of rotatable bonds is 5. The summed E-state index contributed by atoms with van der Waals surface area (Å²) in [7, 11) is 0. The number of amides is 1. The molecule has 6 nitrogen and oxygen atoms in total. The van der Waals surface area contributed by atoms with Gasteiger partial charge in [0.25, 0.3) is 0 Å². The van der Waals surface area contributed by atoms with Crippen molar-refractivity contribution in [3.8, 4) is 0 Å². The maximum Gasteiger partial charge on any atom is 0.332 e. The number of nitrogens with one attached hydrogen (secondary N) is 1. The number of esters is 1. The summed E-state index contributed by atoms with van der Waals surface area (Å²) in [5.41, 5.74) is 5.53. The second-order valence-electron chi connectivity index (χ2n) is 4.81. The summed E-state index contributed by atoms with van der Waals surface area (Å²) in [5.74, 6) is -0.608. The lowest BCUT2D eigenvalue weighted by Gasteiger charge is -2.21. The highest BCUT2D eigenvalue weighted by Gasteiger charge is 2.42. The van der Waals surface area contributed by atoms with Gasteiger partial charge in [0.05, 0.1) is 18.8 Å². The van der Waals surface area contributed by atoms with Crippen LogP contribution in [0.5, 0.6) is 0 Å². The first kappa shape index (κ1) is 13.3. The Balaban J connectivity index is 1.84. The zero-order valence-corrected chi connectivity index (χ0v) is 10.6. The Hall–Kier alpha value is -1.14. The van der Waals surface area contributed by atoms with E-state index >= 15 is 0 Å². The Kier molecular flexibility index (Phi) is 4.19. The Morgan fingerprint density at radius 2 is 2.17 bits per heavy atom. The molecule has 0 aromatic heterocycles. The lowest BCUT2D eigenvalue weighted by molar-refractivity contribution is -0.148. The summed E-state index contributed by atoms with van der Waals surface area (Å²) in [6.07, 6.45) is 3.17. The van der Waals surface area contributed by atoms with Gasteiger partial charge >= 0.3 is 5.97 Å². The molecule has 1 aliphatic heterocycles. The Morgan fingerprint density at radius 1 is 1.44 bits per heavy atom. The van der Waals surface area contributed by atoms with Crippen LogP contribution in [-0.2, 0) is 19.1 Å². The van der Waals surface area contributed by atoms with E-state index in [4.69, 9.17) is 15.2 Å². The fourth-order valence-electron chi connectivity index (χ4n) is 2.27. The van der Waals surface area contributed by atoms with Crippen LogP contribution in [0.3, 0.4) is 0 Å². The third-order valence-corrected chi connectivity index (χ3v) is 3.37. The third-order valence-electron chi connectivity index (χ3n) is 3.37. The van der Waals surface area contributed by atoms with Gasteiger partial charge in [-0.25, -0.2) is 4.79 Å². The number of nitrogens with two attached hydrogens (primary N) is 1. The van der Waals surface area contributed by atoms with Gasteiger partial charge in [-0.1, -0.05) is 0 Å². The first-order valence-electron chi connectivity index (χ1n) is 6.47. The molecule has 3 atom stereocenters. The van der Waals surface area contributed by atoms with Crippen LogP contribution in [0.1, 0.15) is 26.2 Å². The van der Waals surface area contributed by atoms with Gasteiger partial charge in [0.15, 0.2) is 6.04 Å². The van der Waals surface area contributed by atoms with Gasteiger partial charge in [0.2, 0.25) is 5.91 Å². The van der Waals surface area contributed by atoms with Crippen molar-refractivity contribution < 1.29 is 19.1 Å². The van der Waals surface area contributed by atoms with Gasteiger partial charge < -0.3 is 20.5 Å². The molecule has 2 fully saturated rings. The lowest BCUT2D eigenvalue weighted by atomic mass is 10.1. The van der Waals surface area contributed by atoms with E-state index in [0.717, 1.165) is 19.3 Å². The quantitative estimate of drug-likeness (QED) is 0.514. The van der Waals surface area contributed by atoms with Crippen molar-refractivity contribution >= 4 is 11.9 Å². The second-order valence-corrected chi connectivity index (χ2v) is 4.81. The average Bonchev–Trinajstić information content (AvgIpc) is 3.09. The summed E-state index contributed by atoms with van der Waals surface area (Å²) in [5, 5.41) is 2.80. The van der Waals surface area contributed by atoms with E-state index in [-0.39, 0.29) is 18.8 Å². The van der Waals surface area contributed by atoms with Crippen LogP contribution in [0.4, 0.5) is 0 Å². The molecule has 0 aromatic rings. The summed E-state index contributed by atoms with van der Waals surface area (Å²) >= 11 is 0. The highest BCUT2D eigenvalue weighted by Crippen LogP contribution is 2.38. The molecule has 3 unspecified atom stereocenters. The summed E-state index contributed by atoms with van der Waals surface area (Å²) in [6.45, 7) is 2.55. The van der Waals surface area contributed by atoms with Crippen LogP contribution in [-0.4, -0.2) is 43.3 Å². The molecule has 0 aromatic carbocycles. The largest absolute Gasteiger partial charge is 0.464 e. The van der Waals surface area contributed by atoms with Crippen LogP contribution < -0.4 is 11.1 Å². The van der Waals surface area contributed by atoms with Crippen LogP contribution in [0.2, 0.25) is 0 Å². The third kappa shape index (κ3) is 3.00.